The summed E-state index contributed by atoms with van der Waals surface area (Å²) in [6.45, 7) is 4.05. The molecule has 1 fully saturated rings. The maximum absolute atomic E-state index is 11.9. The molecule has 1 saturated carbocycles. The lowest BCUT2D eigenvalue weighted by atomic mass is 9.81. The zero-order valence-electron chi connectivity index (χ0n) is 10.1. The topological polar surface area (TPSA) is 43.4 Å². The monoisotopic (exact) mass is 224 g/mol. The number of ether oxygens (including phenoxy) is 1. The molecule has 0 aromatic rings. The molecule has 16 heavy (non-hydrogen) atoms. The third kappa shape index (κ3) is 3.47. The second-order valence-electron chi connectivity index (χ2n) is 4.49. The van der Waals surface area contributed by atoms with Crippen molar-refractivity contribution in [1.29, 1.82) is 0 Å². The van der Waals surface area contributed by atoms with Gasteiger partial charge in [-0.2, -0.15) is 0 Å². The maximum Gasteiger partial charge on any atom is 0.330 e. The minimum atomic E-state index is -0.469. The number of carbonyl (C=O) groups excluding carboxylic acids is 2. The molecule has 0 radical (unpaired) electrons. The molecule has 90 valence electrons. The summed E-state index contributed by atoms with van der Waals surface area (Å²) in [5.41, 5.74) is -0.469. The average molecular weight is 224 g/mol. The summed E-state index contributed by atoms with van der Waals surface area (Å²) in [6, 6.07) is 0. The molecule has 0 aromatic heterocycles. The minimum absolute atomic E-state index is 0.241. The molecular weight excluding hydrogens is 204 g/mol. The molecular formula is C13H20O3. The number of rotatable bonds is 3. The number of allylic oxidation sites excluding steroid dienone is 1. The lowest BCUT2D eigenvalue weighted by Gasteiger charge is -2.21. The van der Waals surface area contributed by atoms with Gasteiger partial charge in [-0.1, -0.05) is 18.9 Å². The normalized spacial score (nSPS) is 26.8. The summed E-state index contributed by atoms with van der Waals surface area (Å²) in [6.07, 6.45) is 7.71. The van der Waals surface area contributed by atoms with Crippen LogP contribution < -0.4 is 0 Å². The highest BCUT2D eigenvalue weighted by molar-refractivity contribution is 5.89. The summed E-state index contributed by atoms with van der Waals surface area (Å²) in [7, 11) is 0. The van der Waals surface area contributed by atoms with Crippen LogP contribution in [-0.4, -0.2) is 18.4 Å². The second kappa shape index (κ2) is 5.83. The maximum atomic E-state index is 11.9. The van der Waals surface area contributed by atoms with E-state index in [0.717, 1.165) is 25.7 Å². The van der Waals surface area contributed by atoms with E-state index < -0.39 is 5.41 Å². The molecule has 0 aliphatic heterocycles. The fraction of sp³-hybridized carbons (Fsp3) is 0.692. The summed E-state index contributed by atoms with van der Waals surface area (Å²) in [4.78, 5) is 23.1. The van der Waals surface area contributed by atoms with Crippen molar-refractivity contribution in [2.24, 2.45) is 5.41 Å². The number of ketones is 1. The Morgan fingerprint density at radius 1 is 1.44 bits per heavy atom. The molecule has 1 atom stereocenters. The first-order valence-electron chi connectivity index (χ1n) is 5.98. The van der Waals surface area contributed by atoms with Gasteiger partial charge in [-0.05, 0) is 26.7 Å². The molecule has 0 N–H and O–H groups in total. The van der Waals surface area contributed by atoms with Crippen molar-refractivity contribution in [1.82, 2.24) is 0 Å². The highest BCUT2D eigenvalue weighted by Gasteiger charge is 2.31. The predicted octanol–water partition coefficient (Wildman–Crippen LogP) is 2.65. The van der Waals surface area contributed by atoms with E-state index in [9.17, 15) is 9.59 Å². The SMILES string of the molecule is CCOC(=O)/C=C/C1(C)CCCCCC1=O. The Labute approximate surface area is 96.9 Å². The quantitative estimate of drug-likeness (QED) is 0.420. The molecule has 1 rings (SSSR count). The minimum Gasteiger partial charge on any atom is -0.463 e. The Morgan fingerprint density at radius 2 is 2.19 bits per heavy atom. The van der Waals surface area contributed by atoms with E-state index >= 15 is 0 Å². The average Bonchev–Trinajstić information content (AvgIpc) is 2.41. The summed E-state index contributed by atoms with van der Waals surface area (Å²) in [5.74, 6) is -0.119. The summed E-state index contributed by atoms with van der Waals surface area (Å²) < 4.78 is 4.81. The Hall–Kier alpha value is -1.12. The van der Waals surface area contributed by atoms with Gasteiger partial charge in [0.2, 0.25) is 0 Å². The molecule has 0 amide bonds. The van der Waals surface area contributed by atoms with E-state index in [4.69, 9.17) is 4.74 Å². The van der Waals surface area contributed by atoms with Crippen LogP contribution in [0.2, 0.25) is 0 Å². The number of esters is 1. The van der Waals surface area contributed by atoms with Gasteiger partial charge in [0.1, 0.15) is 5.78 Å². The molecule has 3 heteroatoms. The van der Waals surface area contributed by atoms with Crippen molar-refractivity contribution in [3.05, 3.63) is 12.2 Å². The zero-order chi connectivity index (χ0) is 12.0. The molecule has 1 aliphatic rings. The molecule has 1 unspecified atom stereocenters. The highest BCUT2D eigenvalue weighted by atomic mass is 16.5. The molecule has 0 heterocycles. The first-order chi connectivity index (χ1) is 7.58. The standard InChI is InChI=1S/C13H20O3/c1-3-16-12(15)8-10-13(2)9-6-4-5-7-11(13)14/h8,10H,3-7,9H2,1-2H3/b10-8+. The summed E-state index contributed by atoms with van der Waals surface area (Å²) in [5, 5.41) is 0. The van der Waals surface area contributed by atoms with Gasteiger partial charge < -0.3 is 4.74 Å². The first kappa shape index (κ1) is 12.9. The van der Waals surface area contributed by atoms with E-state index in [1.807, 2.05) is 6.92 Å². The predicted molar refractivity (Wildman–Crippen MR) is 62.0 cm³/mol. The largest absolute Gasteiger partial charge is 0.463 e. The molecule has 3 nitrogen and oxygen atoms in total. The third-order valence-corrected chi connectivity index (χ3v) is 3.11. The van der Waals surface area contributed by atoms with Crippen LogP contribution in [0.1, 0.15) is 46.0 Å². The number of hydrogen-bond acceptors (Lipinski definition) is 3. The lowest BCUT2D eigenvalue weighted by Crippen LogP contribution is -2.24. The third-order valence-electron chi connectivity index (χ3n) is 3.11. The van der Waals surface area contributed by atoms with Gasteiger partial charge in [-0.25, -0.2) is 4.79 Å². The van der Waals surface area contributed by atoms with Gasteiger partial charge in [0.25, 0.3) is 0 Å². The van der Waals surface area contributed by atoms with Crippen LogP contribution in [0.25, 0.3) is 0 Å². The first-order valence-corrected chi connectivity index (χ1v) is 5.98. The second-order valence-corrected chi connectivity index (χ2v) is 4.49. The van der Waals surface area contributed by atoms with E-state index in [1.165, 1.54) is 6.08 Å². The Kier molecular flexibility index (Phi) is 4.71. The fourth-order valence-corrected chi connectivity index (χ4v) is 2.00. The molecule has 0 spiro atoms. The van der Waals surface area contributed by atoms with Crippen molar-refractivity contribution in [2.75, 3.05) is 6.61 Å². The van der Waals surface area contributed by atoms with Crippen LogP contribution in [0.5, 0.6) is 0 Å². The van der Waals surface area contributed by atoms with E-state index in [1.54, 1.807) is 13.0 Å². The van der Waals surface area contributed by atoms with Gasteiger partial charge in [-0.3, -0.25) is 4.79 Å². The Morgan fingerprint density at radius 3 is 2.88 bits per heavy atom. The Balaban J connectivity index is 2.67. The lowest BCUT2D eigenvalue weighted by molar-refractivity contribution is -0.137. The van der Waals surface area contributed by atoms with Gasteiger partial charge in [0.05, 0.1) is 6.61 Å². The van der Waals surface area contributed by atoms with Crippen LogP contribution in [0.4, 0.5) is 0 Å². The van der Waals surface area contributed by atoms with Crippen LogP contribution in [0, 0.1) is 5.41 Å². The Bertz CT molecular complexity index is 294. The van der Waals surface area contributed by atoms with Crippen molar-refractivity contribution in [2.45, 2.75) is 46.0 Å². The fourth-order valence-electron chi connectivity index (χ4n) is 2.00. The van der Waals surface area contributed by atoms with Gasteiger partial charge in [0.15, 0.2) is 0 Å². The number of hydrogen-bond donors (Lipinski definition) is 0. The van der Waals surface area contributed by atoms with E-state index in [0.29, 0.717) is 13.0 Å². The smallest absolute Gasteiger partial charge is 0.330 e. The van der Waals surface area contributed by atoms with Gasteiger partial charge >= 0.3 is 5.97 Å². The van der Waals surface area contributed by atoms with Crippen LogP contribution in [0.3, 0.4) is 0 Å². The van der Waals surface area contributed by atoms with Crippen LogP contribution >= 0.6 is 0 Å². The zero-order valence-corrected chi connectivity index (χ0v) is 10.1. The highest BCUT2D eigenvalue weighted by Crippen LogP contribution is 2.32. The van der Waals surface area contributed by atoms with Crippen LogP contribution in [0.15, 0.2) is 12.2 Å². The molecule has 1 aliphatic carbocycles. The molecule has 0 saturated heterocycles. The van der Waals surface area contributed by atoms with Gasteiger partial charge in [-0.15, -0.1) is 0 Å². The van der Waals surface area contributed by atoms with Crippen molar-refractivity contribution in [3.8, 4) is 0 Å². The van der Waals surface area contributed by atoms with Gasteiger partial charge in [0, 0.05) is 17.9 Å². The van der Waals surface area contributed by atoms with Crippen molar-refractivity contribution in [3.63, 3.8) is 0 Å². The number of carbonyl (C=O) groups is 2. The van der Waals surface area contributed by atoms with E-state index in [-0.39, 0.29) is 11.8 Å². The van der Waals surface area contributed by atoms with Crippen LogP contribution in [-0.2, 0) is 14.3 Å². The van der Waals surface area contributed by atoms with Crippen molar-refractivity contribution >= 4 is 11.8 Å². The number of Topliss-reactive ketones (excluding diaryl/α,β-unsaturated/α-hetero) is 1. The molecule has 0 aromatic carbocycles. The van der Waals surface area contributed by atoms with E-state index in [2.05, 4.69) is 0 Å². The summed E-state index contributed by atoms with van der Waals surface area (Å²) >= 11 is 0. The van der Waals surface area contributed by atoms with Crippen molar-refractivity contribution < 1.29 is 14.3 Å². The molecule has 0 bridgehead atoms.